The van der Waals surface area contributed by atoms with Gasteiger partial charge in [0.15, 0.2) is 11.4 Å². The molecule has 3 aliphatic carbocycles. The standard InChI is InChI=1S/C21H20Cl2N2O7/c1-25(2)14-7-5-6-10(16(27)12-9(23)4-3-8(22)11(12)15(6)26)18(29)21(7,32)19(30)13(17(14)28)20(24)31/h3-4,6-7,14-15,26-27,30,32H,5H2,1-2H3,(H2,24,31)/t6-,7-,14-,15-,21-/m0/s1. The van der Waals surface area contributed by atoms with Gasteiger partial charge < -0.3 is 26.2 Å². The van der Waals surface area contributed by atoms with Crippen LogP contribution < -0.4 is 5.73 Å². The van der Waals surface area contributed by atoms with E-state index in [9.17, 15) is 34.8 Å². The lowest BCUT2D eigenvalue weighted by Gasteiger charge is -2.51. The van der Waals surface area contributed by atoms with E-state index < -0.39 is 64.1 Å². The van der Waals surface area contributed by atoms with Crippen molar-refractivity contribution in [1.29, 1.82) is 0 Å². The summed E-state index contributed by atoms with van der Waals surface area (Å²) in [5.74, 6) is -7.40. The number of likely N-dealkylation sites (N-methyl/N-ethyl adjacent to an activating group) is 1. The Balaban J connectivity index is 2.03. The van der Waals surface area contributed by atoms with Crippen LogP contribution in [-0.2, 0) is 14.4 Å². The van der Waals surface area contributed by atoms with Crippen molar-refractivity contribution in [2.75, 3.05) is 14.1 Å². The van der Waals surface area contributed by atoms with Crippen LogP contribution >= 0.6 is 23.2 Å². The molecule has 0 aromatic heterocycles. The summed E-state index contributed by atoms with van der Waals surface area (Å²) in [6.07, 6.45) is -1.59. The predicted octanol–water partition coefficient (Wildman–Crippen LogP) is 1.06. The van der Waals surface area contributed by atoms with Crippen LogP contribution in [0.25, 0.3) is 5.76 Å². The second kappa shape index (κ2) is 7.29. The van der Waals surface area contributed by atoms with E-state index in [-0.39, 0.29) is 33.2 Å². The number of ketones is 2. The van der Waals surface area contributed by atoms with Gasteiger partial charge in [-0.3, -0.25) is 19.3 Å². The highest BCUT2D eigenvalue weighted by molar-refractivity contribution is 6.35. The minimum absolute atomic E-state index is 0.0105. The fourth-order valence-corrected chi connectivity index (χ4v) is 5.74. The average molecular weight is 483 g/mol. The van der Waals surface area contributed by atoms with E-state index in [1.165, 1.54) is 31.1 Å². The Kier molecular flexibility index (Phi) is 5.19. The van der Waals surface area contributed by atoms with E-state index in [1.807, 2.05) is 0 Å². The Hall–Kier alpha value is -2.43. The number of carbonyl (C=O) groups is 3. The van der Waals surface area contributed by atoms with E-state index in [0.29, 0.717) is 0 Å². The molecule has 1 aromatic rings. The van der Waals surface area contributed by atoms with Gasteiger partial charge in [0.05, 0.1) is 17.2 Å². The number of hydrogen-bond donors (Lipinski definition) is 5. The van der Waals surface area contributed by atoms with E-state index in [1.54, 1.807) is 0 Å². The van der Waals surface area contributed by atoms with Crippen LogP contribution in [0.15, 0.2) is 29.0 Å². The van der Waals surface area contributed by atoms with E-state index in [2.05, 4.69) is 0 Å². The zero-order valence-corrected chi connectivity index (χ0v) is 18.5. The molecule has 1 fully saturated rings. The van der Waals surface area contributed by atoms with Gasteiger partial charge in [-0.2, -0.15) is 0 Å². The lowest BCUT2D eigenvalue weighted by Crippen LogP contribution is -2.66. The largest absolute Gasteiger partial charge is 0.508 e. The van der Waals surface area contributed by atoms with Crippen LogP contribution in [0.4, 0.5) is 0 Å². The average Bonchev–Trinajstić information content (AvgIpc) is 2.69. The molecule has 1 saturated carbocycles. The van der Waals surface area contributed by atoms with Crippen LogP contribution in [0.1, 0.15) is 23.7 Å². The first-order chi connectivity index (χ1) is 14.8. The molecule has 5 atom stereocenters. The first-order valence-electron chi connectivity index (χ1n) is 9.66. The zero-order chi connectivity index (χ0) is 23.9. The Morgan fingerprint density at radius 3 is 2.34 bits per heavy atom. The number of nitrogens with two attached hydrogens (primary N) is 1. The summed E-state index contributed by atoms with van der Waals surface area (Å²) < 4.78 is 0. The van der Waals surface area contributed by atoms with Crippen LogP contribution in [-0.4, -0.2) is 68.5 Å². The maximum Gasteiger partial charge on any atom is 0.255 e. The molecule has 0 saturated heterocycles. The van der Waals surface area contributed by atoms with E-state index in [0.717, 1.165) is 0 Å². The van der Waals surface area contributed by atoms with Crippen LogP contribution in [0.2, 0.25) is 10.0 Å². The van der Waals surface area contributed by atoms with Crippen molar-refractivity contribution in [1.82, 2.24) is 4.90 Å². The van der Waals surface area contributed by atoms with Gasteiger partial charge in [0.25, 0.3) is 5.91 Å². The molecular formula is C21H20Cl2N2O7. The summed E-state index contributed by atoms with van der Waals surface area (Å²) in [4.78, 5) is 39.9. The van der Waals surface area contributed by atoms with Gasteiger partial charge in [0.2, 0.25) is 5.78 Å². The molecule has 0 bridgehead atoms. The van der Waals surface area contributed by atoms with Crippen molar-refractivity contribution in [3.63, 3.8) is 0 Å². The molecule has 3 aliphatic rings. The number of carbonyl (C=O) groups excluding carboxylic acids is 3. The summed E-state index contributed by atoms with van der Waals surface area (Å²) in [6.45, 7) is 0. The number of rotatable bonds is 2. The number of amides is 1. The highest BCUT2D eigenvalue weighted by Crippen LogP contribution is 2.56. The van der Waals surface area contributed by atoms with Gasteiger partial charge >= 0.3 is 0 Å². The van der Waals surface area contributed by atoms with Gasteiger partial charge in [-0.15, -0.1) is 0 Å². The van der Waals surface area contributed by atoms with E-state index in [4.69, 9.17) is 28.9 Å². The molecule has 0 unspecified atom stereocenters. The topological polar surface area (TPSA) is 161 Å². The lowest BCUT2D eigenvalue weighted by atomic mass is 9.57. The van der Waals surface area contributed by atoms with Crippen molar-refractivity contribution < 1.29 is 34.8 Å². The fraction of sp³-hybridized carbons (Fsp3) is 0.381. The summed E-state index contributed by atoms with van der Waals surface area (Å²) in [7, 11) is 3.00. The van der Waals surface area contributed by atoms with Crippen molar-refractivity contribution in [2.45, 2.75) is 24.2 Å². The number of aliphatic hydroxyl groups is 4. The lowest BCUT2D eigenvalue weighted by molar-refractivity contribution is -0.155. The minimum atomic E-state index is -2.73. The highest BCUT2D eigenvalue weighted by atomic mass is 35.5. The molecule has 0 aliphatic heterocycles. The van der Waals surface area contributed by atoms with Crippen molar-refractivity contribution in [2.24, 2.45) is 17.6 Å². The van der Waals surface area contributed by atoms with Crippen molar-refractivity contribution in [3.8, 4) is 0 Å². The molecule has 9 nitrogen and oxygen atoms in total. The minimum Gasteiger partial charge on any atom is -0.508 e. The molecule has 1 aromatic carbocycles. The number of halogens is 2. The fourth-order valence-electron chi connectivity index (χ4n) is 5.22. The summed E-state index contributed by atoms with van der Waals surface area (Å²) in [5, 5.41) is 44.4. The van der Waals surface area contributed by atoms with Gasteiger partial charge in [-0.05, 0) is 32.6 Å². The first kappa shape index (κ1) is 22.8. The molecule has 0 heterocycles. The third kappa shape index (κ3) is 2.72. The molecule has 0 spiro atoms. The number of Topliss-reactive ketones (excluding diaryl/α,β-unsaturated/α-hetero) is 2. The first-order valence-corrected chi connectivity index (χ1v) is 10.4. The van der Waals surface area contributed by atoms with Crippen LogP contribution in [0.5, 0.6) is 0 Å². The number of fused-ring (bicyclic) bond motifs is 3. The van der Waals surface area contributed by atoms with Gasteiger partial charge in [-0.25, -0.2) is 0 Å². The monoisotopic (exact) mass is 482 g/mol. The molecule has 11 heteroatoms. The Morgan fingerprint density at radius 1 is 1.19 bits per heavy atom. The van der Waals surface area contributed by atoms with Gasteiger partial charge in [0.1, 0.15) is 17.1 Å². The molecule has 0 radical (unpaired) electrons. The Bertz CT molecular complexity index is 1160. The van der Waals surface area contributed by atoms with Crippen LogP contribution in [0, 0.1) is 11.8 Å². The van der Waals surface area contributed by atoms with Crippen molar-refractivity contribution in [3.05, 3.63) is 50.2 Å². The molecule has 170 valence electrons. The second-order valence-corrected chi connectivity index (χ2v) is 9.24. The quantitative estimate of drug-likeness (QED) is 0.390. The number of aliphatic hydroxyl groups excluding tert-OH is 3. The normalized spacial score (nSPS) is 32.1. The second-order valence-electron chi connectivity index (χ2n) is 8.43. The molecular weight excluding hydrogens is 463 g/mol. The SMILES string of the molecule is CN(C)[C@@H]1C(=O)C(C(N)=O)=C(O)[C@@]2(O)C(=O)C3=C(O)c4c(Cl)ccc(Cl)c4[C@@H](O)[C@H]3C[C@@H]12. The number of benzene rings is 1. The number of primary amides is 1. The van der Waals surface area contributed by atoms with Gasteiger partial charge in [-0.1, -0.05) is 23.2 Å². The third-order valence-corrected chi connectivity index (χ3v) is 7.26. The Morgan fingerprint density at radius 2 is 1.78 bits per heavy atom. The zero-order valence-electron chi connectivity index (χ0n) is 17.0. The summed E-state index contributed by atoms with van der Waals surface area (Å²) in [6, 6.07) is 1.60. The number of hydrogen-bond acceptors (Lipinski definition) is 8. The third-order valence-electron chi connectivity index (χ3n) is 6.61. The predicted molar refractivity (Wildman–Crippen MR) is 114 cm³/mol. The summed E-state index contributed by atoms with van der Waals surface area (Å²) in [5.41, 5.74) is 1.33. The maximum atomic E-state index is 13.6. The van der Waals surface area contributed by atoms with Gasteiger partial charge in [0, 0.05) is 33.6 Å². The van der Waals surface area contributed by atoms with Crippen LogP contribution in [0.3, 0.4) is 0 Å². The molecule has 6 N–H and O–H groups in total. The molecule has 32 heavy (non-hydrogen) atoms. The summed E-state index contributed by atoms with van der Waals surface area (Å²) >= 11 is 12.4. The molecule has 1 amide bonds. The van der Waals surface area contributed by atoms with E-state index >= 15 is 0 Å². The number of nitrogens with zero attached hydrogens (tertiary/aromatic N) is 1. The highest BCUT2D eigenvalue weighted by Gasteiger charge is 2.65. The maximum absolute atomic E-state index is 13.6. The molecule has 4 rings (SSSR count). The Labute approximate surface area is 192 Å². The van der Waals surface area contributed by atoms with Crippen molar-refractivity contribution >= 4 is 46.4 Å². The smallest absolute Gasteiger partial charge is 0.255 e.